The van der Waals surface area contributed by atoms with Crippen LogP contribution in [-0.4, -0.2) is 46.2 Å². The van der Waals surface area contributed by atoms with Gasteiger partial charge in [-0.3, -0.25) is 9.11 Å². The molecule has 0 saturated carbocycles. The van der Waals surface area contributed by atoms with Crippen molar-refractivity contribution >= 4 is 16.7 Å². The highest BCUT2D eigenvalue weighted by atomic mass is 32.2. The van der Waals surface area contributed by atoms with E-state index in [1.54, 1.807) is 0 Å². The van der Waals surface area contributed by atoms with Gasteiger partial charge >= 0.3 is 0 Å². The lowest BCUT2D eigenvalue weighted by atomic mass is 10.4. The van der Waals surface area contributed by atoms with Crippen molar-refractivity contribution in [1.82, 2.24) is 4.90 Å². The lowest BCUT2D eigenvalue weighted by molar-refractivity contribution is -0.507. The maximum absolute atomic E-state index is 10.9. The lowest BCUT2D eigenvalue weighted by Gasteiger charge is -2.24. The molecule has 0 aromatic heterocycles. The summed E-state index contributed by atoms with van der Waals surface area (Å²) in [5, 5.41) is 1.34. The van der Waals surface area contributed by atoms with Crippen LogP contribution in [0.15, 0.2) is 0 Å². The summed E-state index contributed by atoms with van der Waals surface area (Å²) < 4.78 is 10.9. The number of nitrogens with zero attached hydrogens (tertiary/aromatic N) is 1. The van der Waals surface area contributed by atoms with Crippen LogP contribution in [0.25, 0.3) is 0 Å². The van der Waals surface area contributed by atoms with Crippen molar-refractivity contribution in [2.45, 2.75) is 0 Å². The number of quaternary nitrogens is 1. The molecule has 1 saturated heterocycles. The third-order valence-corrected chi connectivity index (χ3v) is 3.15. The zero-order chi connectivity index (χ0) is 8.97. The first-order chi connectivity index (χ1) is 5.72. The van der Waals surface area contributed by atoms with Gasteiger partial charge in [0.15, 0.2) is 0 Å². The second-order valence-corrected chi connectivity index (χ2v) is 4.49. The summed E-state index contributed by atoms with van der Waals surface area (Å²) in [5.74, 6) is 1.44. The summed E-state index contributed by atoms with van der Waals surface area (Å²) in [6.07, 6.45) is 0. The van der Waals surface area contributed by atoms with E-state index in [0.717, 1.165) is 13.1 Å². The largest absolute Gasteiger partial charge is 0.414 e. The summed E-state index contributed by atoms with van der Waals surface area (Å²) in [6, 6.07) is 0. The maximum Gasteiger partial charge on any atom is 0.298 e. The summed E-state index contributed by atoms with van der Waals surface area (Å²) in [5.41, 5.74) is 0. The van der Waals surface area contributed by atoms with E-state index in [1.165, 1.54) is 5.32 Å². The van der Waals surface area contributed by atoms with Crippen LogP contribution in [-0.2, 0) is 15.6 Å². The van der Waals surface area contributed by atoms with E-state index in [0.29, 0.717) is 18.1 Å². The quantitative estimate of drug-likeness (QED) is 0.509. The molecular formula is C7H14N2O2S. The molecule has 0 radical (unpaired) electrons. The van der Waals surface area contributed by atoms with Gasteiger partial charge in [-0.25, -0.2) is 4.79 Å². The highest BCUT2D eigenvalue weighted by Crippen LogP contribution is 1.98. The van der Waals surface area contributed by atoms with E-state index in [4.69, 9.17) is 0 Å². The molecular weight excluding hydrogens is 176 g/mol. The minimum Gasteiger partial charge on any atom is -0.414 e. The number of carbonyl (C=O) groups is 1. The first kappa shape index (κ1) is 9.83. The molecule has 4 nitrogen and oxygen atoms in total. The predicted octanol–water partition coefficient (Wildman–Crippen LogP) is -2.07. The van der Waals surface area contributed by atoms with E-state index in [9.17, 15) is 9.00 Å². The smallest absolute Gasteiger partial charge is 0.298 e. The van der Waals surface area contributed by atoms with Gasteiger partial charge in [-0.15, -0.1) is 7.05 Å². The van der Waals surface area contributed by atoms with Gasteiger partial charge in [0.1, 0.15) is 6.54 Å². The molecule has 5 heteroatoms. The second kappa shape index (κ2) is 4.69. The summed E-state index contributed by atoms with van der Waals surface area (Å²) in [7, 11) is 2.75. The molecule has 1 fully saturated rings. The standard InChI is InChI=1S/C7H14N2O2S/c1-8-7(10)6-9-2-4-12(11)5-3-9/h1-6,8H2. The Morgan fingerprint density at radius 3 is 2.58 bits per heavy atom. The summed E-state index contributed by atoms with van der Waals surface area (Å²) in [6.45, 7) is 1.97. The molecule has 0 spiro atoms. The van der Waals surface area contributed by atoms with Crippen molar-refractivity contribution in [2.75, 3.05) is 31.1 Å². The van der Waals surface area contributed by atoms with Crippen molar-refractivity contribution in [3.63, 3.8) is 0 Å². The summed E-state index contributed by atoms with van der Waals surface area (Å²) >= 11 is 0. The predicted molar refractivity (Wildman–Crippen MR) is 46.6 cm³/mol. The number of primary amides is 1. The lowest BCUT2D eigenvalue weighted by Crippen LogP contribution is -2.83. The fourth-order valence-electron chi connectivity index (χ4n) is 1.12. The molecule has 1 heterocycles. The first-order valence-corrected chi connectivity index (χ1v) is 5.44. The number of amides is 1. The van der Waals surface area contributed by atoms with Gasteiger partial charge in [-0.2, -0.15) is 0 Å². The van der Waals surface area contributed by atoms with E-state index in [1.807, 2.05) is 4.90 Å². The van der Waals surface area contributed by atoms with Crippen LogP contribution in [0.2, 0.25) is 0 Å². The van der Waals surface area contributed by atoms with E-state index < -0.39 is 10.8 Å². The fourth-order valence-corrected chi connectivity index (χ4v) is 2.25. The van der Waals surface area contributed by atoms with Crippen LogP contribution in [0.4, 0.5) is 0 Å². The molecule has 1 rings (SSSR count). The average molecular weight is 190 g/mol. The van der Waals surface area contributed by atoms with Gasteiger partial charge in [0.2, 0.25) is 0 Å². The Bertz CT molecular complexity index is 186. The monoisotopic (exact) mass is 190 g/mol. The molecule has 0 bridgehead atoms. The average Bonchev–Trinajstić information content (AvgIpc) is 2.09. The molecule has 0 aromatic rings. The van der Waals surface area contributed by atoms with Crippen molar-refractivity contribution in [3.05, 3.63) is 7.05 Å². The first-order valence-electron chi connectivity index (χ1n) is 3.95. The molecule has 12 heavy (non-hydrogen) atoms. The molecule has 0 aliphatic carbocycles. The third kappa shape index (κ3) is 3.00. The van der Waals surface area contributed by atoms with Gasteiger partial charge in [0, 0.05) is 35.4 Å². The van der Waals surface area contributed by atoms with Gasteiger partial charge in [0.05, 0.1) is 0 Å². The van der Waals surface area contributed by atoms with E-state index in [-0.39, 0.29) is 5.91 Å². The van der Waals surface area contributed by atoms with Crippen LogP contribution >= 0.6 is 0 Å². The molecule has 1 aliphatic rings. The van der Waals surface area contributed by atoms with Crippen molar-refractivity contribution < 1.29 is 14.3 Å². The van der Waals surface area contributed by atoms with Crippen LogP contribution in [0.5, 0.6) is 0 Å². The van der Waals surface area contributed by atoms with Gasteiger partial charge in [-0.05, 0) is 0 Å². The highest BCUT2D eigenvalue weighted by Gasteiger charge is 2.17. The van der Waals surface area contributed by atoms with E-state index >= 15 is 0 Å². The topological polar surface area (TPSA) is 54.0 Å². The molecule has 2 N–H and O–H groups in total. The minimum absolute atomic E-state index is 0.0442. The SMILES string of the molecule is [CH2-][NH2+]C(=O)CN1CCS(=O)CC1. The normalized spacial score (nSPS) is 21.1. The third-order valence-electron chi connectivity index (χ3n) is 1.88. The van der Waals surface area contributed by atoms with Gasteiger partial charge in [0.25, 0.3) is 5.91 Å². The number of hydrogen-bond acceptors (Lipinski definition) is 3. The number of hydrogen-bond donors (Lipinski definition) is 1. The van der Waals surface area contributed by atoms with Crippen LogP contribution in [0.3, 0.4) is 0 Å². The van der Waals surface area contributed by atoms with Crippen molar-refractivity contribution in [3.8, 4) is 0 Å². The molecule has 70 valence electrons. The molecule has 0 atom stereocenters. The zero-order valence-electron chi connectivity index (χ0n) is 6.99. The zero-order valence-corrected chi connectivity index (χ0v) is 7.81. The van der Waals surface area contributed by atoms with Crippen LogP contribution in [0, 0.1) is 7.05 Å². The van der Waals surface area contributed by atoms with Crippen molar-refractivity contribution in [2.24, 2.45) is 0 Å². The number of nitrogens with two attached hydrogens (primary N) is 1. The van der Waals surface area contributed by atoms with Crippen LogP contribution < -0.4 is 5.32 Å². The van der Waals surface area contributed by atoms with Crippen LogP contribution in [0.1, 0.15) is 0 Å². The Balaban J connectivity index is 2.26. The Morgan fingerprint density at radius 2 is 2.08 bits per heavy atom. The Labute approximate surface area is 74.8 Å². The fraction of sp³-hybridized carbons (Fsp3) is 0.714. The summed E-state index contributed by atoms with van der Waals surface area (Å²) in [4.78, 5) is 12.9. The molecule has 0 unspecified atom stereocenters. The number of carbonyl (C=O) groups excluding carboxylic acids is 1. The Kier molecular flexibility index (Phi) is 3.84. The van der Waals surface area contributed by atoms with Gasteiger partial charge in [-0.1, -0.05) is 0 Å². The van der Waals surface area contributed by atoms with E-state index in [2.05, 4.69) is 7.05 Å². The highest BCUT2D eigenvalue weighted by molar-refractivity contribution is 7.85. The maximum atomic E-state index is 10.9. The second-order valence-electron chi connectivity index (χ2n) is 2.79. The number of rotatable bonds is 2. The minimum atomic E-state index is -0.656. The molecule has 1 amide bonds. The Morgan fingerprint density at radius 1 is 1.50 bits per heavy atom. The van der Waals surface area contributed by atoms with Gasteiger partial charge < -0.3 is 5.32 Å². The molecule has 1 aliphatic heterocycles. The van der Waals surface area contributed by atoms with Crippen molar-refractivity contribution in [1.29, 1.82) is 0 Å². The Hall–Kier alpha value is -0.260. The molecule has 0 aromatic carbocycles.